The summed E-state index contributed by atoms with van der Waals surface area (Å²) in [5.74, 6) is -0.927. The van der Waals surface area contributed by atoms with Crippen molar-refractivity contribution in [2.24, 2.45) is 0 Å². The number of nitrogens with zero attached hydrogens (tertiary/aromatic N) is 1. The molecule has 1 saturated carbocycles. The van der Waals surface area contributed by atoms with Crippen LogP contribution in [0.25, 0.3) is 6.08 Å². The van der Waals surface area contributed by atoms with Gasteiger partial charge in [0, 0.05) is 11.6 Å². The van der Waals surface area contributed by atoms with E-state index >= 15 is 0 Å². The van der Waals surface area contributed by atoms with Gasteiger partial charge in [0.25, 0.3) is 0 Å². The first-order valence-electron chi connectivity index (χ1n) is 8.25. The van der Waals surface area contributed by atoms with E-state index in [1.165, 1.54) is 25.1 Å². The predicted molar refractivity (Wildman–Crippen MR) is 95.5 cm³/mol. The molecule has 10 nitrogen and oxygen atoms in total. The lowest BCUT2D eigenvalue weighted by molar-refractivity contribution is -0.385. The molecule has 27 heavy (non-hydrogen) atoms. The van der Waals surface area contributed by atoms with Crippen molar-refractivity contribution in [3.05, 3.63) is 39.4 Å². The molecule has 1 amide bonds. The summed E-state index contributed by atoms with van der Waals surface area (Å²) < 4.78 is 0. The molecule has 1 aliphatic carbocycles. The molecule has 3 atom stereocenters. The fraction of sp³-hybridized carbons (Fsp3) is 0.471. The standard InChI is InChI=1S/C16H20N2O6.CH4O2/c1-9(7-10-5-6-12(19)11(8-10)18(23)24)16(22)17-15-13(20)3-2-4-14(15)21;2-1-3/h5-8,13-15,19-21H,2-4H2,1H3,(H,17,22);2-3H,1H2/b9-7+;/t13-,14+,15?;. The van der Waals surface area contributed by atoms with Gasteiger partial charge in [0.15, 0.2) is 5.75 Å². The first-order chi connectivity index (χ1) is 12.7. The molecular formula is C17H24N2O8. The minimum absolute atomic E-state index is 0.264. The Labute approximate surface area is 155 Å². The van der Waals surface area contributed by atoms with Crippen LogP contribution in [0.4, 0.5) is 5.69 Å². The number of aliphatic hydroxyl groups excluding tert-OH is 3. The van der Waals surface area contributed by atoms with Crippen molar-refractivity contribution in [1.29, 1.82) is 0 Å². The van der Waals surface area contributed by atoms with E-state index in [4.69, 9.17) is 10.2 Å². The van der Waals surface area contributed by atoms with Crippen LogP contribution in [-0.4, -0.2) is 61.4 Å². The van der Waals surface area contributed by atoms with Crippen LogP contribution in [0.2, 0.25) is 0 Å². The van der Waals surface area contributed by atoms with Gasteiger partial charge >= 0.3 is 5.69 Å². The Morgan fingerprint density at radius 3 is 2.37 bits per heavy atom. The lowest BCUT2D eigenvalue weighted by Gasteiger charge is -2.32. The number of phenolic OH excluding ortho intramolecular Hbond substituents is 1. The molecule has 2 rings (SSSR count). The second-order valence-corrected chi connectivity index (χ2v) is 6.04. The molecule has 0 aromatic heterocycles. The maximum absolute atomic E-state index is 12.2. The summed E-state index contributed by atoms with van der Waals surface area (Å²) in [5, 5.41) is 56.9. The van der Waals surface area contributed by atoms with Gasteiger partial charge in [-0.25, -0.2) is 0 Å². The van der Waals surface area contributed by atoms with Crippen molar-refractivity contribution in [1.82, 2.24) is 5.32 Å². The number of hydrogen-bond donors (Lipinski definition) is 6. The average Bonchev–Trinajstić information content (AvgIpc) is 2.60. The summed E-state index contributed by atoms with van der Waals surface area (Å²) in [6.07, 6.45) is 1.54. The molecule has 0 bridgehead atoms. The molecule has 0 spiro atoms. The Morgan fingerprint density at radius 2 is 1.85 bits per heavy atom. The third kappa shape index (κ3) is 6.61. The zero-order valence-corrected chi connectivity index (χ0v) is 14.8. The van der Waals surface area contributed by atoms with Gasteiger partial charge in [-0.2, -0.15) is 0 Å². The lowest BCUT2D eigenvalue weighted by atomic mass is 9.89. The van der Waals surface area contributed by atoms with Crippen LogP contribution in [0.3, 0.4) is 0 Å². The van der Waals surface area contributed by atoms with Crippen molar-refractivity contribution < 1.29 is 35.3 Å². The topological polar surface area (TPSA) is 173 Å². The van der Waals surface area contributed by atoms with Crippen molar-refractivity contribution in [2.75, 3.05) is 6.79 Å². The maximum Gasteiger partial charge on any atom is 0.311 e. The number of amides is 1. The predicted octanol–water partition coefficient (Wildman–Crippen LogP) is 0.0227. The van der Waals surface area contributed by atoms with E-state index in [0.717, 1.165) is 6.07 Å². The molecular weight excluding hydrogens is 360 g/mol. The van der Waals surface area contributed by atoms with Crippen LogP contribution in [0.5, 0.6) is 5.75 Å². The molecule has 10 heteroatoms. The number of nitro benzene ring substituents is 1. The van der Waals surface area contributed by atoms with Crippen LogP contribution in [0.15, 0.2) is 23.8 Å². The summed E-state index contributed by atoms with van der Waals surface area (Å²) in [6, 6.07) is 3.06. The molecule has 0 aliphatic heterocycles. The van der Waals surface area contributed by atoms with E-state index in [9.17, 15) is 30.2 Å². The summed E-state index contributed by atoms with van der Waals surface area (Å²) in [5.41, 5.74) is 0.201. The number of hydrogen-bond acceptors (Lipinski definition) is 8. The second kappa shape index (κ2) is 10.6. The van der Waals surface area contributed by atoms with Gasteiger partial charge in [0.05, 0.1) is 23.2 Å². The van der Waals surface area contributed by atoms with E-state index in [2.05, 4.69) is 5.32 Å². The third-order valence-corrected chi connectivity index (χ3v) is 4.06. The molecule has 0 heterocycles. The number of nitrogens with one attached hydrogen (secondary N) is 1. The lowest BCUT2D eigenvalue weighted by Crippen LogP contribution is -2.53. The minimum Gasteiger partial charge on any atom is -0.502 e. The van der Waals surface area contributed by atoms with Gasteiger partial charge in [-0.05, 0) is 43.9 Å². The molecule has 1 unspecified atom stereocenters. The largest absolute Gasteiger partial charge is 0.502 e. The van der Waals surface area contributed by atoms with Gasteiger partial charge in [-0.15, -0.1) is 0 Å². The number of nitro groups is 1. The summed E-state index contributed by atoms with van der Waals surface area (Å²) in [4.78, 5) is 22.3. The van der Waals surface area contributed by atoms with Crippen molar-refractivity contribution in [3.63, 3.8) is 0 Å². The van der Waals surface area contributed by atoms with Gasteiger partial charge in [0.1, 0.15) is 6.79 Å². The van der Waals surface area contributed by atoms with Crippen LogP contribution < -0.4 is 5.32 Å². The van der Waals surface area contributed by atoms with Crippen LogP contribution in [-0.2, 0) is 4.79 Å². The number of aliphatic hydroxyl groups is 4. The number of rotatable bonds is 4. The summed E-state index contributed by atoms with van der Waals surface area (Å²) in [6.45, 7) is 0.773. The molecule has 6 N–H and O–H groups in total. The Hall–Kier alpha value is -2.53. The number of carbonyl (C=O) groups excluding carboxylic acids is 1. The van der Waals surface area contributed by atoms with Crippen LogP contribution in [0, 0.1) is 10.1 Å². The van der Waals surface area contributed by atoms with Crippen molar-refractivity contribution >= 4 is 17.7 Å². The normalized spacial score (nSPS) is 22.4. The Balaban J connectivity index is 0.00000114. The van der Waals surface area contributed by atoms with Gasteiger partial charge in [-0.1, -0.05) is 6.07 Å². The molecule has 1 aromatic carbocycles. The Morgan fingerprint density at radius 1 is 1.30 bits per heavy atom. The molecule has 150 valence electrons. The fourth-order valence-corrected chi connectivity index (χ4v) is 2.70. The third-order valence-electron chi connectivity index (χ3n) is 4.06. The van der Waals surface area contributed by atoms with Gasteiger partial charge < -0.3 is 30.8 Å². The molecule has 0 radical (unpaired) electrons. The van der Waals surface area contributed by atoms with E-state index < -0.39 is 47.3 Å². The zero-order valence-electron chi connectivity index (χ0n) is 14.8. The molecule has 1 aliphatic rings. The molecule has 1 fully saturated rings. The second-order valence-electron chi connectivity index (χ2n) is 6.04. The number of benzene rings is 1. The van der Waals surface area contributed by atoms with E-state index in [0.29, 0.717) is 24.8 Å². The van der Waals surface area contributed by atoms with Crippen molar-refractivity contribution in [2.45, 2.75) is 44.4 Å². The summed E-state index contributed by atoms with van der Waals surface area (Å²) in [7, 11) is 0. The Bertz CT molecular complexity index is 682. The molecule has 0 saturated heterocycles. The van der Waals surface area contributed by atoms with Crippen LogP contribution >= 0.6 is 0 Å². The number of aromatic hydroxyl groups is 1. The van der Waals surface area contributed by atoms with E-state index in [1.54, 1.807) is 0 Å². The van der Waals surface area contributed by atoms with E-state index in [1.807, 2.05) is 0 Å². The quantitative estimate of drug-likeness (QED) is 0.182. The fourth-order valence-electron chi connectivity index (χ4n) is 2.70. The molecule has 1 aromatic rings. The highest BCUT2D eigenvalue weighted by Crippen LogP contribution is 2.27. The minimum atomic E-state index is -0.805. The highest BCUT2D eigenvalue weighted by Gasteiger charge is 2.32. The van der Waals surface area contributed by atoms with Crippen molar-refractivity contribution in [3.8, 4) is 5.75 Å². The monoisotopic (exact) mass is 384 g/mol. The first kappa shape index (κ1) is 22.5. The smallest absolute Gasteiger partial charge is 0.311 e. The highest BCUT2D eigenvalue weighted by molar-refractivity contribution is 5.97. The average molecular weight is 384 g/mol. The number of carbonyl (C=O) groups is 1. The zero-order chi connectivity index (χ0) is 20.6. The SMILES string of the molecule is C/C(=C\c1ccc(O)c([N+](=O)[O-])c1)C(=O)NC1[C@H](O)CCC[C@@H]1O.OCO. The van der Waals surface area contributed by atoms with Gasteiger partial charge in [0.2, 0.25) is 5.91 Å². The maximum atomic E-state index is 12.2. The Kier molecular flexibility index (Phi) is 8.82. The van der Waals surface area contributed by atoms with Gasteiger partial charge in [-0.3, -0.25) is 14.9 Å². The highest BCUT2D eigenvalue weighted by atomic mass is 16.6. The van der Waals surface area contributed by atoms with E-state index in [-0.39, 0.29) is 5.57 Å². The first-order valence-corrected chi connectivity index (χ1v) is 8.25. The number of phenols is 1. The summed E-state index contributed by atoms with van der Waals surface area (Å²) >= 11 is 0. The van der Waals surface area contributed by atoms with Crippen LogP contribution in [0.1, 0.15) is 31.7 Å².